The molecule has 0 radical (unpaired) electrons. The molecule has 0 bridgehead atoms. The summed E-state index contributed by atoms with van der Waals surface area (Å²) in [6.07, 6.45) is 2.66. The number of fused-ring (bicyclic) bond motifs is 1. The van der Waals surface area contributed by atoms with E-state index in [4.69, 9.17) is 0 Å². The Morgan fingerprint density at radius 2 is 1.70 bits per heavy atom. The van der Waals surface area contributed by atoms with Gasteiger partial charge in [-0.2, -0.15) is 0 Å². The minimum Gasteiger partial charge on any atom is -0.393 e. The normalized spacial score (nSPS) is 15.9. The molecule has 0 saturated heterocycles. The molecule has 1 unspecified atom stereocenters. The van der Waals surface area contributed by atoms with Crippen LogP contribution in [-0.2, 0) is 11.2 Å². The smallest absolute Gasteiger partial charge is 0.234 e. The zero-order chi connectivity index (χ0) is 17.3. The molecule has 1 aliphatic carbocycles. The summed E-state index contributed by atoms with van der Waals surface area (Å²) in [7, 11) is 0. The standard InChI is InChI=1S/C20H26O3/c1-11(2)16-10-14-7-6-13(5)15(8-9-17(21)12(3)4)18(14)20(23)19(16)22/h6-7,10-12,17,21H,8-9H2,1-5H3. The second kappa shape index (κ2) is 6.79. The third kappa shape index (κ3) is 3.45. The molecule has 0 amide bonds. The molecule has 124 valence electrons. The maximum absolute atomic E-state index is 12.6. The van der Waals surface area contributed by atoms with E-state index < -0.39 is 11.9 Å². The van der Waals surface area contributed by atoms with Gasteiger partial charge in [-0.15, -0.1) is 0 Å². The van der Waals surface area contributed by atoms with E-state index in [0.29, 0.717) is 24.0 Å². The Morgan fingerprint density at radius 1 is 1.04 bits per heavy atom. The molecule has 0 aliphatic heterocycles. The molecule has 3 heteroatoms. The monoisotopic (exact) mass is 314 g/mol. The number of hydrogen-bond donors (Lipinski definition) is 1. The SMILES string of the molecule is Cc1ccc2c(c1CCC(O)C(C)C)C(=O)C(=O)C(C(C)C)=C2. The molecule has 2 rings (SSSR count). The van der Waals surface area contributed by atoms with E-state index in [1.54, 1.807) is 0 Å². The van der Waals surface area contributed by atoms with Crippen LogP contribution < -0.4 is 0 Å². The van der Waals surface area contributed by atoms with Gasteiger partial charge >= 0.3 is 0 Å². The summed E-state index contributed by atoms with van der Waals surface area (Å²) in [5, 5.41) is 10.1. The van der Waals surface area contributed by atoms with Gasteiger partial charge in [-0.3, -0.25) is 9.59 Å². The van der Waals surface area contributed by atoms with Crippen molar-refractivity contribution in [1.82, 2.24) is 0 Å². The van der Waals surface area contributed by atoms with E-state index in [0.717, 1.165) is 16.7 Å². The molecule has 1 atom stereocenters. The van der Waals surface area contributed by atoms with Crippen molar-refractivity contribution in [3.8, 4) is 0 Å². The van der Waals surface area contributed by atoms with E-state index in [1.165, 1.54) is 0 Å². The molecule has 0 fully saturated rings. The Kier molecular flexibility index (Phi) is 5.20. The van der Waals surface area contributed by atoms with Gasteiger partial charge in [0, 0.05) is 11.1 Å². The van der Waals surface area contributed by atoms with Crippen molar-refractivity contribution in [3.05, 3.63) is 40.0 Å². The van der Waals surface area contributed by atoms with Crippen molar-refractivity contribution in [1.29, 1.82) is 0 Å². The van der Waals surface area contributed by atoms with Crippen LogP contribution in [0.25, 0.3) is 6.08 Å². The highest BCUT2D eigenvalue weighted by molar-refractivity contribution is 6.52. The number of ketones is 2. The zero-order valence-electron chi connectivity index (χ0n) is 14.6. The lowest BCUT2D eigenvalue weighted by atomic mass is 9.80. The zero-order valence-corrected chi connectivity index (χ0v) is 14.6. The Labute approximate surface area is 138 Å². The van der Waals surface area contributed by atoms with E-state index in [9.17, 15) is 14.7 Å². The number of aryl methyl sites for hydroxylation is 1. The molecule has 1 N–H and O–H groups in total. The van der Waals surface area contributed by atoms with E-state index in [1.807, 2.05) is 52.8 Å². The molecule has 0 aromatic heterocycles. The maximum Gasteiger partial charge on any atom is 0.234 e. The van der Waals surface area contributed by atoms with Crippen molar-refractivity contribution in [2.24, 2.45) is 11.8 Å². The molecule has 23 heavy (non-hydrogen) atoms. The van der Waals surface area contributed by atoms with Crippen LogP contribution in [0.3, 0.4) is 0 Å². The second-order valence-electron chi connectivity index (χ2n) is 7.09. The first kappa shape index (κ1) is 17.6. The molecule has 1 aliphatic rings. The van der Waals surface area contributed by atoms with E-state index >= 15 is 0 Å². The van der Waals surface area contributed by atoms with Crippen molar-refractivity contribution >= 4 is 17.6 Å². The highest BCUT2D eigenvalue weighted by Crippen LogP contribution is 2.31. The molecule has 1 aromatic rings. The number of carbonyl (C=O) groups is 2. The molecule has 0 saturated carbocycles. The van der Waals surface area contributed by atoms with Crippen LogP contribution in [0.4, 0.5) is 0 Å². The fourth-order valence-electron chi connectivity index (χ4n) is 3.01. The quantitative estimate of drug-likeness (QED) is 0.842. The average molecular weight is 314 g/mol. The molecule has 1 aromatic carbocycles. The van der Waals surface area contributed by atoms with E-state index in [2.05, 4.69) is 0 Å². The van der Waals surface area contributed by atoms with Gasteiger partial charge in [0.05, 0.1) is 6.10 Å². The van der Waals surface area contributed by atoms with Gasteiger partial charge < -0.3 is 5.11 Å². The van der Waals surface area contributed by atoms with Crippen LogP contribution in [0, 0.1) is 18.8 Å². The van der Waals surface area contributed by atoms with Gasteiger partial charge in [0.15, 0.2) is 0 Å². The first-order valence-electron chi connectivity index (χ1n) is 8.35. The van der Waals surface area contributed by atoms with Crippen molar-refractivity contribution in [3.63, 3.8) is 0 Å². The van der Waals surface area contributed by atoms with Gasteiger partial charge in [-0.1, -0.05) is 39.8 Å². The Bertz CT molecular complexity index is 666. The fraction of sp³-hybridized carbons (Fsp3) is 0.500. The average Bonchev–Trinajstić information content (AvgIpc) is 2.49. The van der Waals surface area contributed by atoms with Gasteiger partial charge in [-0.25, -0.2) is 0 Å². The summed E-state index contributed by atoms with van der Waals surface area (Å²) >= 11 is 0. The summed E-state index contributed by atoms with van der Waals surface area (Å²) in [6, 6.07) is 3.91. The largest absolute Gasteiger partial charge is 0.393 e. The number of Topliss-reactive ketones (excluding diaryl/α,β-unsaturated/α-hetero) is 2. The summed E-state index contributed by atoms with van der Waals surface area (Å²) in [4.78, 5) is 25.0. The number of aliphatic hydroxyl groups is 1. The molecule has 0 heterocycles. The minimum absolute atomic E-state index is 0.0344. The van der Waals surface area contributed by atoms with Gasteiger partial charge in [0.1, 0.15) is 0 Å². The lowest BCUT2D eigenvalue weighted by Crippen LogP contribution is -2.26. The predicted octanol–water partition coefficient (Wildman–Crippen LogP) is 3.75. The Morgan fingerprint density at radius 3 is 2.26 bits per heavy atom. The van der Waals surface area contributed by atoms with Crippen LogP contribution in [0.5, 0.6) is 0 Å². The molecule has 0 spiro atoms. The Hall–Kier alpha value is -1.74. The second-order valence-corrected chi connectivity index (χ2v) is 7.09. The van der Waals surface area contributed by atoms with Crippen LogP contribution in [0.15, 0.2) is 17.7 Å². The van der Waals surface area contributed by atoms with E-state index in [-0.39, 0.29) is 17.6 Å². The van der Waals surface area contributed by atoms with Crippen molar-refractivity contribution in [2.75, 3.05) is 0 Å². The lowest BCUT2D eigenvalue weighted by Gasteiger charge is -2.22. The summed E-state index contributed by atoms with van der Waals surface area (Å²) in [5.41, 5.74) is 3.86. The minimum atomic E-state index is -0.401. The van der Waals surface area contributed by atoms with Gasteiger partial charge in [0.2, 0.25) is 11.6 Å². The van der Waals surface area contributed by atoms with Crippen LogP contribution in [0.2, 0.25) is 0 Å². The molecule has 3 nitrogen and oxygen atoms in total. The maximum atomic E-state index is 12.6. The number of carbonyl (C=O) groups excluding carboxylic acids is 2. The van der Waals surface area contributed by atoms with Crippen LogP contribution in [-0.4, -0.2) is 22.8 Å². The third-order valence-electron chi connectivity index (χ3n) is 4.67. The van der Waals surface area contributed by atoms with Gasteiger partial charge in [-0.05, 0) is 54.4 Å². The number of aliphatic hydroxyl groups excluding tert-OH is 1. The van der Waals surface area contributed by atoms with Crippen molar-refractivity contribution in [2.45, 2.75) is 53.6 Å². The predicted molar refractivity (Wildman–Crippen MR) is 92.5 cm³/mol. The third-order valence-corrected chi connectivity index (χ3v) is 4.67. The van der Waals surface area contributed by atoms with Gasteiger partial charge in [0.25, 0.3) is 0 Å². The molecular weight excluding hydrogens is 288 g/mol. The first-order valence-corrected chi connectivity index (χ1v) is 8.35. The summed E-state index contributed by atoms with van der Waals surface area (Å²) < 4.78 is 0. The number of benzene rings is 1. The highest BCUT2D eigenvalue weighted by atomic mass is 16.3. The summed E-state index contributed by atoms with van der Waals surface area (Å²) in [6.45, 7) is 9.76. The topological polar surface area (TPSA) is 54.4 Å². The molecular formula is C20H26O3. The number of rotatable bonds is 5. The summed E-state index contributed by atoms with van der Waals surface area (Å²) in [5.74, 6) is -0.570. The van der Waals surface area contributed by atoms with Crippen LogP contribution in [0.1, 0.15) is 61.2 Å². The first-order chi connectivity index (χ1) is 10.7. The number of allylic oxidation sites excluding steroid dienone is 1. The fourth-order valence-corrected chi connectivity index (χ4v) is 3.01. The Balaban J connectivity index is 2.46. The number of hydrogen-bond acceptors (Lipinski definition) is 3. The van der Waals surface area contributed by atoms with Crippen LogP contribution >= 0.6 is 0 Å². The lowest BCUT2D eigenvalue weighted by molar-refractivity contribution is -0.112. The highest BCUT2D eigenvalue weighted by Gasteiger charge is 2.31. The van der Waals surface area contributed by atoms with Crippen molar-refractivity contribution < 1.29 is 14.7 Å².